The molecule has 0 aliphatic heterocycles. The van der Waals surface area contributed by atoms with Gasteiger partial charge >= 0.3 is 0 Å². The molecule has 0 spiro atoms. The molecule has 0 bridgehead atoms. The summed E-state index contributed by atoms with van der Waals surface area (Å²) in [5.41, 5.74) is 5.76. The summed E-state index contributed by atoms with van der Waals surface area (Å²) >= 11 is 0. The Balaban J connectivity index is 2.20. The third-order valence-corrected chi connectivity index (χ3v) is 4.53. The van der Waals surface area contributed by atoms with Gasteiger partial charge in [0.05, 0.1) is 0 Å². The van der Waals surface area contributed by atoms with Crippen molar-refractivity contribution in [2.45, 2.75) is 45.4 Å². The Labute approximate surface area is 126 Å². The molecule has 0 saturated heterocycles. The highest BCUT2D eigenvalue weighted by molar-refractivity contribution is 5.82. The molecule has 0 unspecified atom stereocenters. The van der Waals surface area contributed by atoms with Crippen LogP contribution in [0.1, 0.15) is 49.3 Å². The van der Waals surface area contributed by atoms with Crippen LogP contribution in [0, 0.1) is 0 Å². The summed E-state index contributed by atoms with van der Waals surface area (Å²) in [6.07, 6.45) is 4.36. The zero-order chi connectivity index (χ0) is 15.0. The summed E-state index contributed by atoms with van der Waals surface area (Å²) in [5, 5.41) is 20.1. The van der Waals surface area contributed by atoms with E-state index in [0.717, 1.165) is 29.5 Å². The van der Waals surface area contributed by atoms with Gasteiger partial charge in [0.25, 0.3) is 0 Å². The Morgan fingerprint density at radius 1 is 1.14 bits per heavy atom. The lowest BCUT2D eigenvalue weighted by atomic mass is 9.76. The van der Waals surface area contributed by atoms with Gasteiger partial charge in [-0.3, -0.25) is 0 Å². The van der Waals surface area contributed by atoms with Gasteiger partial charge in [0.2, 0.25) is 0 Å². The van der Waals surface area contributed by atoms with Gasteiger partial charge in [-0.2, -0.15) is 0 Å². The smallest absolute Gasteiger partial charge is 0.165 e. The first-order chi connectivity index (χ1) is 10.1. The monoisotopic (exact) mass is 282 g/mol. The van der Waals surface area contributed by atoms with E-state index < -0.39 is 0 Å². The van der Waals surface area contributed by atoms with E-state index in [1.54, 1.807) is 6.07 Å². The number of benzene rings is 2. The van der Waals surface area contributed by atoms with Gasteiger partial charge in [-0.25, -0.2) is 0 Å². The van der Waals surface area contributed by atoms with Crippen molar-refractivity contribution in [2.24, 2.45) is 0 Å². The molecular weight excluding hydrogens is 260 g/mol. The Morgan fingerprint density at radius 2 is 1.95 bits per heavy atom. The molecular formula is C19H22O2. The van der Waals surface area contributed by atoms with Gasteiger partial charge in [0, 0.05) is 5.56 Å². The van der Waals surface area contributed by atoms with E-state index in [9.17, 15) is 10.2 Å². The average Bonchev–Trinajstić information content (AvgIpc) is 2.48. The predicted octanol–water partition coefficient (Wildman–Crippen LogP) is 4.77. The summed E-state index contributed by atoms with van der Waals surface area (Å²) in [4.78, 5) is 0. The van der Waals surface area contributed by atoms with Gasteiger partial charge in [-0.05, 0) is 53.5 Å². The molecule has 110 valence electrons. The van der Waals surface area contributed by atoms with Crippen molar-refractivity contribution in [3.8, 4) is 22.6 Å². The molecule has 0 radical (unpaired) electrons. The largest absolute Gasteiger partial charge is 0.504 e. The lowest BCUT2D eigenvalue weighted by molar-refractivity contribution is 0.404. The van der Waals surface area contributed by atoms with Crippen LogP contribution in [0.25, 0.3) is 11.1 Å². The normalized spacial score (nSPS) is 16.4. The van der Waals surface area contributed by atoms with E-state index in [1.807, 2.05) is 6.07 Å². The van der Waals surface area contributed by atoms with E-state index in [0.29, 0.717) is 5.92 Å². The Bertz CT molecular complexity index is 674. The number of aryl methyl sites for hydroxylation is 1. The van der Waals surface area contributed by atoms with Crippen molar-refractivity contribution in [1.82, 2.24) is 0 Å². The van der Waals surface area contributed by atoms with Crippen LogP contribution in [0.3, 0.4) is 0 Å². The Morgan fingerprint density at radius 3 is 2.71 bits per heavy atom. The van der Waals surface area contributed by atoms with Crippen molar-refractivity contribution < 1.29 is 10.2 Å². The molecule has 2 aromatic carbocycles. The zero-order valence-corrected chi connectivity index (χ0v) is 12.7. The van der Waals surface area contributed by atoms with Gasteiger partial charge in [-0.1, -0.05) is 44.5 Å². The summed E-state index contributed by atoms with van der Waals surface area (Å²) in [6, 6.07) is 9.86. The number of phenols is 2. The summed E-state index contributed by atoms with van der Waals surface area (Å²) in [6.45, 7) is 4.46. The molecule has 0 saturated carbocycles. The van der Waals surface area contributed by atoms with Crippen LogP contribution < -0.4 is 0 Å². The highest BCUT2D eigenvalue weighted by Gasteiger charge is 2.27. The predicted molar refractivity (Wildman–Crippen MR) is 85.9 cm³/mol. The van der Waals surface area contributed by atoms with Gasteiger partial charge in [0.15, 0.2) is 11.5 Å². The minimum atomic E-state index is -0.0341. The van der Waals surface area contributed by atoms with Crippen LogP contribution in [0.5, 0.6) is 11.5 Å². The number of unbranched alkanes of at least 4 members (excludes halogenated alkanes) is 1. The van der Waals surface area contributed by atoms with Crippen LogP contribution in [0.4, 0.5) is 0 Å². The lowest BCUT2D eigenvalue weighted by Crippen LogP contribution is -2.11. The fourth-order valence-corrected chi connectivity index (χ4v) is 3.52. The molecule has 1 atom stereocenters. The van der Waals surface area contributed by atoms with Crippen LogP contribution in [0.15, 0.2) is 30.3 Å². The standard InChI is InChI=1S/C19H22O2/c1-3-4-6-13-7-5-8-15-17(13)12(2)11-14-9-10-16(20)19(21)18(14)15/h5,7-10,12,20-21H,3-4,6,11H2,1-2H3/t12-/m1/s1. The number of hydrogen-bond donors (Lipinski definition) is 2. The van der Waals surface area contributed by atoms with E-state index in [-0.39, 0.29) is 11.5 Å². The summed E-state index contributed by atoms with van der Waals surface area (Å²) < 4.78 is 0. The highest BCUT2D eigenvalue weighted by Crippen LogP contribution is 2.48. The topological polar surface area (TPSA) is 40.5 Å². The van der Waals surface area contributed by atoms with Crippen LogP contribution in [-0.4, -0.2) is 10.2 Å². The number of phenolic OH excluding ortho intramolecular Hbond substituents is 2. The molecule has 2 N–H and O–H groups in total. The van der Waals surface area contributed by atoms with Crippen molar-refractivity contribution >= 4 is 0 Å². The minimum Gasteiger partial charge on any atom is -0.504 e. The van der Waals surface area contributed by atoms with Gasteiger partial charge < -0.3 is 10.2 Å². The molecule has 1 aliphatic carbocycles. The third kappa shape index (κ3) is 2.29. The number of hydrogen-bond acceptors (Lipinski definition) is 2. The van der Waals surface area contributed by atoms with Crippen molar-refractivity contribution in [3.05, 3.63) is 47.0 Å². The Hall–Kier alpha value is -1.96. The second kappa shape index (κ2) is 5.44. The molecule has 21 heavy (non-hydrogen) atoms. The maximum absolute atomic E-state index is 10.3. The summed E-state index contributed by atoms with van der Waals surface area (Å²) in [5.74, 6) is 0.436. The molecule has 0 fully saturated rings. The molecule has 2 heteroatoms. The van der Waals surface area contributed by atoms with E-state index in [1.165, 1.54) is 24.0 Å². The van der Waals surface area contributed by atoms with Gasteiger partial charge in [-0.15, -0.1) is 0 Å². The first-order valence-corrected chi connectivity index (χ1v) is 7.79. The quantitative estimate of drug-likeness (QED) is 0.796. The summed E-state index contributed by atoms with van der Waals surface area (Å²) in [7, 11) is 0. The molecule has 0 heterocycles. The van der Waals surface area contributed by atoms with E-state index >= 15 is 0 Å². The number of fused-ring (bicyclic) bond motifs is 3. The van der Waals surface area contributed by atoms with Crippen molar-refractivity contribution in [2.75, 3.05) is 0 Å². The lowest BCUT2D eigenvalue weighted by Gasteiger charge is -2.28. The van der Waals surface area contributed by atoms with Crippen molar-refractivity contribution in [3.63, 3.8) is 0 Å². The van der Waals surface area contributed by atoms with Crippen LogP contribution in [0.2, 0.25) is 0 Å². The first-order valence-electron chi connectivity index (χ1n) is 7.79. The Kier molecular flexibility index (Phi) is 3.62. The molecule has 1 aliphatic rings. The molecule has 0 aromatic heterocycles. The second-order valence-electron chi connectivity index (χ2n) is 6.05. The fourth-order valence-electron chi connectivity index (χ4n) is 3.52. The zero-order valence-electron chi connectivity index (χ0n) is 12.7. The van der Waals surface area contributed by atoms with Crippen LogP contribution >= 0.6 is 0 Å². The molecule has 2 aromatic rings. The molecule has 0 amide bonds. The molecule has 2 nitrogen and oxygen atoms in total. The maximum Gasteiger partial charge on any atom is 0.165 e. The maximum atomic E-state index is 10.3. The fraction of sp³-hybridized carbons (Fsp3) is 0.368. The van der Waals surface area contributed by atoms with E-state index in [2.05, 4.69) is 32.0 Å². The number of aromatic hydroxyl groups is 2. The van der Waals surface area contributed by atoms with Crippen molar-refractivity contribution in [1.29, 1.82) is 0 Å². The van der Waals surface area contributed by atoms with E-state index in [4.69, 9.17) is 0 Å². The first kappa shape index (κ1) is 14.0. The third-order valence-electron chi connectivity index (χ3n) is 4.53. The SMILES string of the molecule is CCCCc1cccc2c1[C@H](C)Cc1ccc(O)c(O)c1-2. The number of rotatable bonds is 3. The molecule has 3 rings (SSSR count). The highest BCUT2D eigenvalue weighted by atomic mass is 16.3. The second-order valence-corrected chi connectivity index (χ2v) is 6.05. The van der Waals surface area contributed by atoms with Crippen LogP contribution in [-0.2, 0) is 12.8 Å². The van der Waals surface area contributed by atoms with Gasteiger partial charge in [0.1, 0.15) is 0 Å². The minimum absolute atomic E-state index is 0.0216. The average molecular weight is 282 g/mol.